The van der Waals surface area contributed by atoms with Gasteiger partial charge in [-0.05, 0) is 25.7 Å². The predicted octanol–water partition coefficient (Wildman–Crippen LogP) is 3.12. The van der Waals surface area contributed by atoms with Crippen molar-refractivity contribution < 1.29 is 14.1 Å². The van der Waals surface area contributed by atoms with E-state index in [2.05, 4.69) is 5.16 Å². The quantitative estimate of drug-likeness (QED) is 0.874. The number of carbonyl (C=O) groups excluding carboxylic acids is 1. The van der Waals surface area contributed by atoms with Gasteiger partial charge in [0.15, 0.2) is 11.5 Å². The molecule has 1 aromatic heterocycles. The van der Waals surface area contributed by atoms with E-state index in [1.54, 1.807) is 13.2 Å². The van der Waals surface area contributed by atoms with Crippen molar-refractivity contribution in [2.45, 2.75) is 43.9 Å². The minimum Gasteiger partial charge on any atom is -0.381 e. The van der Waals surface area contributed by atoms with Crippen molar-refractivity contribution in [3.63, 3.8) is 0 Å². The summed E-state index contributed by atoms with van der Waals surface area (Å²) in [5, 5.41) is 4.01. The van der Waals surface area contributed by atoms with Gasteiger partial charge in [-0.1, -0.05) is 35.5 Å². The van der Waals surface area contributed by atoms with E-state index in [4.69, 9.17) is 9.26 Å². The Morgan fingerprint density at radius 1 is 1.22 bits per heavy atom. The lowest BCUT2D eigenvalue weighted by atomic mass is 9.99. The molecule has 2 saturated heterocycles. The fourth-order valence-electron chi connectivity index (χ4n) is 3.90. The predicted molar refractivity (Wildman–Crippen MR) is 84.9 cm³/mol. The molecule has 2 atom stereocenters. The largest absolute Gasteiger partial charge is 0.381 e. The minimum atomic E-state index is -0.0158. The van der Waals surface area contributed by atoms with E-state index in [0.717, 1.165) is 31.2 Å². The Kier molecular flexibility index (Phi) is 3.65. The van der Waals surface area contributed by atoms with E-state index in [1.165, 1.54) is 0 Å². The molecule has 1 aromatic carbocycles. The van der Waals surface area contributed by atoms with E-state index in [9.17, 15) is 4.79 Å². The number of nitrogens with zero attached hydrogens (tertiary/aromatic N) is 2. The molecule has 120 valence electrons. The summed E-state index contributed by atoms with van der Waals surface area (Å²) in [7, 11) is 1.76. The third kappa shape index (κ3) is 2.55. The molecule has 0 radical (unpaired) electrons. The maximum atomic E-state index is 12.9. The standard InChI is InChI=1S/C18H20N2O3/c1-22-15-9-13-7-8-14(10-15)20(13)18(21)16-11-17(23-19-16)12-5-3-2-4-6-12/h2-6,11,13-15H,7-10H2,1H3. The summed E-state index contributed by atoms with van der Waals surface area (Å²) in [4.78, 5) is 14.9. The number of hydrogen-bond donors (Lipinski definition) is 0. The summed E-state index contributed by atoms with van der Waals surface area (Å²) in [6.45, 7) is 0. The lowest BCUT2D eigenvalue weighted by molar-refractivity contribution is 0.00777. The molecule has 5 nitrogen and oxygen atoms in total. The molecule has 2 aromatic rings. The van der Waals surface area contributed by atoms with Crippen LogP contribution in [0.2, 0.25) is 0 Å². The summed E-state index contributed by atoms with van der Waals surface area (Å²) in [5.74, 6) is 0.617. The highest BCUT2D eigenvalue weighted by Crippen LogP contribution is 2.37. The van der Waals surface area contributed by atoms with Crippen molar-refractivity contribution in [1.82, 2.24) is 10.1 Å². The average Bonchev–Trinajstić information content (AvgIpc) is 3.18. The Morgan fingerprint density at radius 2 is 1.91 bits per heavy atom. The molecule has 0 N–H and O–H groups in total. The van der Waals surface area contributed by atoms with Gasteiger partial charge in [0.1, 0.15) is 0 Å². The van der Waals surface area contributed by atoms with Crippen molar-refractivity contribution in [2.24, 2.45) is 0 Å². The van der Waals surface area contributed by atoms with Crippen LogP contribution < -0.4 is 0 Å². The molecule has 2 bridgehead atoms. The first-order valence-electron chi connectivity index (χ1n) is 8.14. The second-order valence-electron chi connectivity index (χ2n) is 6.37. The van der Waals surface area contributed by atoms with Crippen molar-refractivity contribution in [3.8, 4) is 11.3 Å². The molecule has 1 amide bonds. The summed E-state index contributed by atoms with van der Waals surface area (Å²) in [6.07, 6.45) is 4.22. The lowest BCUT2D eigenvalue weighted by Gasteiger charge is -2.37. The third-order valence-corrected chi connectivity index (χ3v) is 5.05. The molecule has 0 spiro atoms. The minimum absolute atomic E-state index is 0.0158. The van der Waals surface area contributed by atoms with Crippen molar-refractivity contribution >= 4 is 5.91 Å². The Hall–Kier alpha value is -2.14. The van der Waals surface area contributed by atoms with Crippen LogP contribution in [0.4, 0.5) is 0 Å². The number of amides is 1. The molecule has 4 rings (SSSR count). The van der Waals surface area contributed by atoms with Crippen LogP contribution in [0, 0.1) is 0 Å². The van der Waals surface area contributed by atoms with Gasteiger partial charge in [-0.15, -0.1) is 0 Å². The van der Waals surface area contributed by atoms with Gasteiger partial charge in [-0.3, -0.25) is 4.79 Å². The van der Waals surface area contributed by atoms with Gasteiger partial charge in [-0.25, -0.2) is 0 Å². The van der Waals surface area contributed by atoms with E-state index >= 15 is 0 Å². The van der Waals surface area contributed by atoms with Gasteiger partial charge in [0.25, 0.3) is 5.91 Å². The number of hydrogen-bond acceptors (Lipinski definition) is 4. The zero-order valence-electron chi connectivity index (χ0n) is 13.1. The van der Waals surface area contributed by atoms with E-state index in [1.807, 2.05) is 35.2 Å². The second kappa shape index (κ2) is 5.81. The molecule has 2 aliphatic rings. The van der Waals surface area contributed by atoms with Gasteiger partial charge < -0.3 is 14.2 Å². The molecule has 23 heavy (non-hydrogen) atoms. The Balaban J connectivity index is 1.55. The van der Waals surface area contributed by atoms with E-state index in [0.29, 0.717) is 11.5 Å². The normalized spacial score (nSPS) is 26.5. The molecule has 3 heterocycles. The van der Waals surface area contributed by atoms with Gasteiger partial charge in [0.05, 0.1) is 6.10 Å². The summed E-state index contributed by atoms with van der Waals surface area (Å²) in [5.41, 5.74) is 1.33. The number of carbonyl (C=O) groups is 1. The van der Waals surface area contributed by atoms with Crippen LogP contribution in [-0.2, 0) is 4.74 Å². The third-order valence-electron chi connectivity index (χ3n) is 5.05. The van der Waals surface area contributed by atoms with E-state index < -0.39 is 0 Å². The van der Waals surface area contributed by atoms with Gasteiger partial charge >= 0.3 is 0 Å². The maximum absolute atomic E-state index is 12.9. The molecular weight excluding hydrogens is 292 g/mol. The van der Waals surface area contributed by atoms with Gasteiger partial charge in [0, 0.05) is 30.8 Å². The monoisotopic (exact) mass is 312 g/mol. The number of methoxy groups -OCH3 is 1. The van der Waals surface area contributed by atoms with Crippen LogP contribution in [0.3, 0.4) is 0 Å². The molecular formula is C18H20N2O3. The highest BCUT2D eigenvalue weighted by molar-refractivity contribution is 5.93. The number of rotatable bonds is 3. The number of benzene rings is 1. The number of piperidine rings is 1. The Morgan fingerprint density at radius 3 is 2.57 bits per heavy atom. The van der Waals surface area contributed by atoms with Crippen LogP contribution in [0.5, 0.6) is 0 Å². The Bertz CT molecular complexity index is 683. The molecule has 2 fully saturated rings. The fourth-order valence-corrected chi connectivity index (χ4v) is 3.90. The molecule has 2 unspecified atom stereocenters. The molecule has 0 aliphatic carbocycles. The first kappa shape index (κ1) is 14.5. The molecule has 0 saturated carbocycles. The van der Waals surface area contributed by atoms with Crippen molar-refractivity contribution in [1.29, 1.82) is 0 Å². The van der Waals surface area contributed by atoms with Crippen LogP contribution in [-0.4, -0.2) is 41.3 Å². The summed E-state index contributed by atoms with van der Waals surface area (Å²) >= 11 is 0. The first-order valence-corrected chi connectivity index (χ1v) is 8.14. The summed E-state index contributed by atoms with van der Waals surface area (Å²) in [6, 6.07) is 12.0. The highest BCUT2D eigenvalue weighted by atomic mass is 16.5. The van der Waals surface area contributed by atoms with Gasteiger partial charge in [-0.2, -0.15) is 0 Å². The SMILES string of the molecule is COC1CC2CCC(C1)N2C(=O)c1cc(-c2ccccc2)on1. The average molecular weight is 312 g/mol. The second-order valence-corrected chi connectivity index (χ2v) is 6.37. The first-order chi connectivity index (χ1) is 11.3. The highest BCUT2D eigenvalue weighted by Gasteiger charge is 2.44. The smallest absolute Gasteiger partial charge is 0.276 e. The summed E-state index contributed by atoms with van der Waals surface area (Å²) < 4.78 is 10.9. The topological polar surface area (TPSA) is 55.6 Å². The van der Waals surface area contributed by atoms with E-state index in [-0.39, 0.29) is 24.1 Å². The lowest BCUT2D eigenvalue weighted by Crippen LogP contribution is -2.48. The van der Waals surface area contributed by atoms with Crippen LogP contribution in [0.1, 0.15) is 36.2 Å². The number of ether oxygens (including phenoxy) is 1. The Labute approximate surface area is 135 Å². The molecule has 2 aliphatic heterocycles. The van der Waals surface area contributed by atoms with Crippen molar-refractivity contribution in [3.05, 3.63) is 42.1 Å². The van der Waals surface area contributed by atoms with Crippen LogP contribution >= 0.6 is 0 Å². The van der Waals surface area contributed by atoms with Crippen LogP contribution in [0.15, 0.2) is 40.9 Å². The van der Waals surface area contributed by atoms with Crippen LogP contribution in [0.25, 0.3) is 11.3 Å². The zero-order valence-corrected chi connectivity index (χ0v) is 13.1. The van der Waals surface area contributed by atoms with Crippen molar-refractivity contribution in [2.75, 3.05) is 7.11 Å². The van der Waals surface area contributed by atoms with Gasteiger partial charge in [0.2, 0.25) is 0 Å². The number of fused-ring (bicyclic) bond motifs is 2. The number of aromatic nitrogens is 1. The fraction of sp³-hybridized carbons (Fsp3) is 0.444. The maximum Gasteiger partial charge on any atom is 0.276 e. The molecule has 5 heteroatoms. The zero-order chi connectivity index (χ0) is 15.8.